The Labute approximate surface area is 167 Å². The van der Waals surface area contributed by atoms with E-state index in [1.807, 2.05) is 49.8 Å². The van der Waals surface area contributed by atoms with Gasteiger partial charge >= 0.3 is 5.97 Å². The number of hydrogen-bond acceptors (Lipinski definition) is 5. The Morgan fingerprint density at radius 2 is 2.07 bits per heavy atom. The first-order valence-corrected chi connectivity index (χ1v) is 9.77. The van der Waals surface area contributed by atoms with Crippen LogP contribution in [-0.4, -0.2) is 31.7 Å². The van der Waals surface area contributed by atoms with E-state index in [2.05, 4.69) is 15.4 Å². The predicted molar refractivity (Wildman–Crippen MR) is 107 cm³/mol. The molecular formula is C20H22N4O3S. The van der Waals surface area contributed by atoms with Gasteiger partial charge in [0.05, 0.1) is 5.69 Å². The van der Waals surface area contributed by atoms with E-state index in [0.717, 1.165) is 28.1 Å². The van der Waals surface area contributed by atoms with Crippen LogP contribution >= 0.6 is 11.3 Å². The molecule has 0 aliphatic rings. The summed E-state index contributed by atoms with van der Waals surface area (Å²) in [6.07, 6.45) is 1.07. The zero-order valence-electron chi connectivity index (χ0n) is 16.0. The average Bonchev–Trinajstić information content (AvgIpc) is 3.25. The van der Waals surface area contributed by atoms with Crippen LogP contribution in [0.4, 0.5) is 0 Å². The fraction of sp³-hybridized carbons (Fsp3) is 0.300. The largest absolute Gasteiger partial charge is 0.476 e. The molecule has 8 heteroatoms. The molecule has 28 heavy (non-hydrogen) atoms. The van der Waals surface area contributed by atoms with Gasteiger partial charge in [-0.1, -0.05) is 18.2 Å². The Morgan fingerprint density at radius 3 is 2.71 bits per heavy atom. The fourth-order valence-corrected chi connectivity index (χ4v) is 3.82. The summed E-state index contributed by atoms with van der Waals surface area (Å²) >= 11 is 1.29. The molecule has 1 aromatic carbocycles. The van der Waals surface area contributed by atoms with Crippen LogP contribution in [0.5, 0.6) is 0 Å². The second-order valence-electron chi connectivity index (χ2n) is 6.59. The van der Waals surface area contributed by atoms with Crippen LogP contribution < -0.4 is 5.32 Å². The SMILES string of the molecule is Cc1nn(C)c(C)c1CCC(=O)NCc1cccc(-c2nc(C(=O)O)cs2)c1. The minimum Gasteiger partial charge on any atom is -0.476 e. The molecule has 0 saturated carbocycles. The van der Waals surface area contributed by atoms with Gasteiger partial charge in [-0.25, -0.2) is 9.78 Å². The summed E-state index contributed by atoms with van der Waals surface area (Å²) in [5, 5.41) is 18.5. The van der Waals surface area contributed by atoms with E-state index in [1.165, 1.54) is 16.7 Å². The topological polar surface area (TPSA) is 97.1 Å². The zero-order chi connectivity index (χ0) is 20.3. The van der Waals surface area contributed by atoms with Crippen molar-refractivity contribution in [2.75, 3.05) is 0 Å². The Balaban J connectivity index is 1.58. The first-order valence-electron chi connectivity index (χ1n) is 8.89. The lowest BCUT2D eigenvalue weighted by Gasteiger charge is -2.07. The quantitative estimate of drug-likeness (QED) is 0.637. The number of aromatic nitrogens is 3. The van der Waals surface area contributed by atoms with Crippen molar-refractivity contribution < 1.29 is 14.7 Å². The molecule has 7 nitrogen and oxygen atoms in total. The van der Waals surface area contributed by atoms with E-state index in [9.17, 15) is 9.59 Å². The van der Waals surface area contributed by atoms with Crippen molar-refractivity contribution >= 4 is 23.2 Å². The highest BCUT2D eigenvalue weighted by atomic mass is 32.1. The molecule has 3 aromatic rings. The first-order chi connectivity index (χ1) is 13.3. The van der Waals surface area contributed by atoms with E-state index < -0.39 is 5.97 Å². The average molecular weight is 398 g/mol. The third-order valence-corrected chi connectivity index (χ3v) is 5.54. The van der Waals surface area contributed by atoms with Crippen molar-refractivity contribution in [1.82, 2.24) is 20.1 Å². The van der Waals surface area contributed by atoms with Gasteiger partial charge in [-0.05, 0) is 37.5 Å². The molecule has 146 valence electrons. The molecule has 0 aliphatic heterocycles. The Bertz CT molecular complexity index is 1020. The number of thiazole rings is 1. The van der Waals surface area contributed by atoms with Crippen LogP contribution in [0.15, 0.2) is 29.6 Å². The summed E-state index contributed by atoms with van der Waals surface area (Å²) in [7, 11) is 1.90. The van der Waals surface area contributed by atoms with Crippen LogP contribution in [0.1, 0.15) is 39.4 Å². The summed E-state index contributed by atoms with van der Waals surface area (Å²) in [5.41, 5.74) is 4.99. The van der Waals surface area contributed by atoms with Crippen LogP contribution in [0, 0.1) is 13.8 Å². The summed E-state index contributed by atoms with van der Waals surface area (Å²) in [4.78, 5) is 27.3. The predicted octanol–water partition coefficient (Wildman–Crippen LogP) is 3.11. The Morgan fingerprint density at radius 1 is 1.29 bits per heavy atom. The van der Waals surface area contributed by atoms with Crippen LogP contribution in [0.3, 0.4) is 0 Å². The van der Waals surface area contributed by atoms with Crippen molar-refractivity contribution in [3.8, 4) is 10.6 Å². The van der Waals surface area contributed by atoms with E-state index in [4.69, 9.17) is 5.11 Å². The number of carboxylic acid groups (broad SMARTS) is 1. The molecule has 0 saturated heterocycles. The number of nitrogens with one attached hydrogen (secondary N) is 1. The lowest BCUT2D eigenvalue weighted by Crippen LogP contribution is -2.23. The fourth-order valence-electron chi connectivity index (χ4n) is 3.03. The Hall–Kier alpha value is -3.00. The summed E-state index contributed by atoms with van der Waals surface area (Å²) < 4.78 is 1.84. The van der Waals surface area contributed by atoms with Gasteiger partial charge < -0.3 is 10.4 Å². The molecule has 3 rings (SSSR count). The molecule has 0 unspecified atom stereocenters. The highest BCUT2D eigenvalue weighted by Gasteiger charge is 2.12. The lowest BCUT2D eigenvalue weighted by molar-refractivity contribution is -0.121. The molecule has 2 N–H and O–H groups in total. The number of hydrogen-bond donors (Lipinski definition) is 2. The number of aromatic carboxylic acids is 1. The molecular weight excluding hydrogens is 376 g/mol. The van der Waals surface area contributed by atoms with Crippen molar-refractivity contribution in [2.24, 2.45) is 7.05 Å². The smallest absolute Gasteiger partial charge is 0.355 e. The van der Waals surface area contributed by atoms with Crippen LogP contribution in [0.25, 0.3) is 10.6 Å². The standard InChI is InChI=1S/C20H22N4O3S/c1-12-16(13(2)24(3)23-12)7-8-18(25)21-10-14-5-4-6-15(9-14)19-22-17(11-28-19)20(26)27/h4-6,9,11H,7-8,10H2,1-3H3,(H,21,25)(H,26,27). The van der Waals surface area contributed by atoms with Crippen molar-refractivity contribution in [1.29, 1.82) is 0 Å². The third kappa shape index (κ3) is 4.45. The number of carboxylic acids is 1. The van der Waals surface area contributed by atoms with Crippen molar-refractivity contribution in [3.05, 3.63) is 57.9 Å². The Kier molecular flexibility index (Phi) is 5.89. The normalized spacial score (nSPS) is 10.8. The lowest BCUT2D eigenvalue weighted by atomic mass is 10.1. The molecule has 0 fully saturated rings. The van der Waals surface area contributed by atoms with Gasteiger partial charge in [-0.3, -0.25) is 9.48 Å². The van der Waals surface area contributed by atoms with E-state index in [0.29, 0.717) is 24.4 Å². The minimum absolute atomic E-state index is 0.0181. The van der Waals surface area contributed by atoms with Crippen LogP contribution in [-0.2, 0) is 24.8 Å². The number of benzene rings is 1. The van der Waals surface area contributed by atoms with Gasteiger partial charge in [0.2, 0.25) is 5.91 Å². The van der Waals surface area contributed by atoms with Crippen molar-refractivity contribution in [2.45, 2.75) is 33.2 Å². The third-order valence-electron chi connectivity index (χ3n) is 4.65. The second kappa shape index (κ2) is 8.35. The summed E-state index contributed by atoms with van der Waals surface area (Å²) in [6.45, 7) is 4.38. The number of nitrogens with zero attached hydrogens (tertiary/aromatic N) is 3. The van der Waals surface area contributed by atoms with Gasteiger partial charge in [-0.15, -0.1) is 11.3 Å². The molecule has 2 heterocycles. The molecule has 1 amide bonds. The van der Waals surface area contributed by atoms with E-state index in [-0.39, 0.29) is 11.6 Å². The minimum atomic E-state index is -1.04. The summed E-state index contributed by atoms with van der Waals surface area (Å²) in [5.74, 6) is -1.06. The van der Waals surface area contributed by atoms with Crippen LogP contribution in [0.2, 0.25) is 0 Å². The maximum atomic E-state index is 12.2. The number of aryl methyl sites for hydroxylation is 2. The highest BCUT2D eigenvalue weighted by molar-refractivity contribution is 7.13. The zero-order valence-corrected chi connectivity index (χ0v) is 16.8. The monoisotopic (exact) mass is 398 g/mol. The number of rotatable bonds is 7. The number of carbonyl (C=O) groups is 2. The summed E-state index contributed by atoms with van der Waals surface area (Å²) in [6, 6.07) is 7.59. The van der Waals surface area contributed by atoms with Gasteiger partial charge in [0, 0.05) is 36.7 Å². The van der Waals surface area contributed by atoms with Gasteiger partial charge in [0.15, 0.2) is 5.69 Å². The van der Waals surface area contributed by atoms with Crippen molar-refractivity contribution in [3.63, 3.8) is 0 Å². The maximum Gasteiger partial charge on any atom is 0.355 e. The van der Waals surface area contributed by atoms with Gasteiger partial charge in [0.1, 0.15) is 5.01 Å². The maximum absolute atomic E-state index is 12.2. The molecule has 0 bridgehead atoms. The molecule has 2 aromatic heterocycles. The molecule has 0 atom stereocenters. The molecule has 0 radical (unpaired) electrons. The number of carbonyl (C=O) groups excluding carboxylic acids is 1. The molecule has 0 spiro atoms. The van der Waals surface area contributed by atoms with E-state index in [1.54, 1.807) is 0 Å². The first kappa shape index (κ1) is 19.8. The van der Waals surface area contributed by atoms with Gasteiger partial charge in [0.25, 0.3) is 0 Å². The second-order valence-corrected chi connectivity index (χ2v) is 7.45. The van der Waals surface area contributed by atoms with E-state index >= 15 is 0 Å². The highest BCUT2D eigenvalue weighted by Crippen LogP contribution is 2.24. The molecule has 0 aliphatic carbocycles. The van der Waals surface area contributed by atoms with Gasteiger partial charge in [-0.2, -0.15) is 5.10 Å². The number of amides is 1.